The largest absolute Gasteiger partial charge is 0.354 e. The number of hydrogen-bond donors (Lipinski definition) is 1. The zero-order chi connectivity index (χ0) is 19.6. The summed E-state index contributed by atoms with van der Waals surface area (Å²) in [4.78, 5) is 42.4. The van der Waals surface area contributed by atoms with E-state index in [9.17, 15) is 14.4 Å². The van der Waals surface area contributed by atoms with Crippen LogP contribution in [0.15, 0.2) is 35.4 Å². The van der Waals surface area contributed by atoms with Crippen LogP contribution in [0.5, 0.6) is 0 Å². The Morgan fingerprint density at radius 1 is 1.19 bits per heavy atom. The summed E-state index contributed by atoms with van der Waals surface area (Å²) in [5.41, 5.74) is 3.63. The second-order valence-corrected chi connectivity index (χ2v) is 7.03. The lowest BCUT2D eigenvalue weighted by molar-refractivity contribution is -0.126. The van der Waals surface area contributed by atoms with Crippen molar-refractivity contribution in [3.63, 3.8) is 0 Å². The Hall–Kier alpha value is -2.96. The highest BCUT2D eigenvalue weighted by molar-refractivity contribution is 6.00. The van der Waals surface area contributed by atoms with Crippen LogP contribution in [-0.2, 0) is 16.1 Å². The van der Waals surface area contributed by atoms with Crippen LogP contribution in [0, 0.1) is 26.7 Å². The van der Waals surface area contributed by atoms with Crippen LogP contribution in [0.1, 0.15) is 23.2 Å². The molecule has 142 valence electrons. The molecule has 1 aliphatic rings. The third kappa shape index (κ3) is 4.24. The van der Waals surface area contributed by atoms with Crippen molar-refractivity contribution in [1.82, 2.24) is 14.9 Å². The van der Waals surface area contributed by atoms with Gasteiger partial charge in [0, 0.05) is 43.5 Å². The number of rotatable bonds is 5. The van der Waals surface area contributed by atoms with Crippen molar-refractivity contribution in [3.05, 3.63) is 57.8 Å². The minimum Gasteiger partial charge on any atom is -0.354 e. The molecule has 0 spiro atoms. The van der Waals surface area contributed by atoms with Gasteiger partial charge in [0.25, 0.3) is 5.56 Å². The van der Waals surface area contributed by atoms with E-state index in [0.29, 0.717) is 25.3 Å². The lowest BCUT2D eigenvalue weighted by Gasteiger charge is -2.18. The Labute approximate surface area is 158 Å². The summed E-state index contributed by atoms with van der Waals surface area (Å²) in [6.45, 7) is 6.82. The Morgan fingerprint density at radius 2 is 1.96 bits per heavy atom. The minimum atomic E-state index is -0.382. The maximum absolute atomic E-state index is 12.4. The number of anilines is 1. The first-order chi connectivity index (χ1) is 12.8. The van der Waals surface area contributed by atoms with Crippen molar-refractivity contribution in [3.8, 4) is 0 Å². The fraction of sp³-hybridized carbons (Fsp3) is 0.400. The van der Waals surface area contributed by atoms with Crippen LogP contribution in [-0.4, -0.2) is 34.5 Å². The first kappa shape index (κ1) is 18.8. The van der Waals surface area contributed by atoms with E-state index in [-0.39, 0.29) is 29.7 Å². The van der Waals surface area contributed by atoms with Gasteiger partial charge in [-0.2, -0.15) is 0 Å². The van der Waals surface area contributed by atoms with Crippen LogP contribution >= 0.6 is 0 Å². The van der Waals surface area contributed by atoms with Gasteiger partial charge in [0.15, 0.2) is 0 Å². The predicted octanol–water partition coefficient (Wildman–Crippen LogP) is 1.34. The summed E-state index contributed by atoms with van der Waals surface area (Å²) in [6, 6.07) is 7.33. The van der Waals surface area contributed by atoms with E-state index < -0.39 is 0 Å². The summed E-state index contributed by atoms with van der Waals surface area (Å²) in [7, 11) is 0. The smallest absolute Gasteiger partial charge is 0.253 e. The fourth-order valence-electron chi connectivity index (χ4n) is 3.15. The predicted molar refractivity (Wildman–Crippen MR) is 103 cm³/mol. The highest BCUT2D eigenvalue weighted by atomic mass is 16.2. The average molecular weight is 368 g/mol. The lowest BCUT2D eigenvalue weighted by Crippen LogP contribution is -2.36. The van der Waals surface area contributed by atoms with Gasteiger partial charge in [0.1, 0.15) is 0 Å². The van der Waals surface area contributed by atoms with Gasteiger partial charge in [-0.05, 0) is 44.0 Å². The van der Waals surface area contributed by atoms with Crippen LogP contribution < -0.4 is 15.8 Å². The first-order valence-electron chi connectivity index (χ1n) is 9.03. The third-order valence-corrected chi connectivity index (χ3v) is 4.97. The number of aryl methyl sites for hydroxylation is 3. The number of aromatic nitrogens is 2. The van der Waals surface area contributed by atoms with Crippen LogP contribution in [0.25, 0.3) is 0 Å². The van der Waals surface area contributed by atoms with Crippen molar-refractivity contribution < 1.29 is 9.59 Å². The van der Waals surface area contributed by atoms with Gasteiger partial charge in [-0.15, -0.1) is 0 Å². The SMILES string of the molecule is Cc1cc(=O)n(CCNC(=O)C2CC(=O)N(c3ccc(C)c(C)c3)C2)cn1. The van der Waals surface area contributed by atoms with Crippen LogP contribution in [0.3, 0.4) is 0 Å². The number of hydrogen-bond acceptors (Lipinski definition) is 4. The molecule has 2 amide bonds. The zero-order valence-electron chi connectivity index (χ0n) is 15.9. The summed E-state index contributed by atoms with van der Waals surface area (Å²) in [5.74, 6) is -0.591. The summed E-state index contributed by atoms with van der Waals surface area (Å²) in [6.07, 6.45) is 1.68. The maximum Gasteiger partial charge on any atom is 0.253 e. The fourth-order valence-corrected chi connectivity index (χ4v) is 3.15. The molecule has 1 saturated heterocycles. The van der Waals surface area contributed by atoms with Gasteiger partial charge in [-0.1, -0.05) is 6.07 Å². The third-order valence-electron chi connectivity index (χ3n) is 4.97. The summed E-state index contributed by atoms with van der Waals surface area (Å²) in [5, 5.41) is 2.82. The summed E-state index contributed by atoms with van der Waals surface area (Å²) < 4.78 is 1.45. The maximum atomic E-state index is 12.4. The Bertz CT molecular complexity index is 935. The zero-order valence-corrected chi connectivity index (χ0v) is 15.9. The standard InChI is InChI=1S/C20H24N4O3/c1-13-4-5-17(8-14(13)2)24-11-16(10-19(24)26)20(27)21-6-7-23-12-22-15(3)9-18(23)25/h4-5,8-9,12,16H,6-7,10-11H2,1-3H3,(H,21,27). The van der Waals surface area contributed by atoms with Gasteiger partial charge in [-0.3, -0.25) is 19.0 Å². The molecule has 1 unspecified atom stereocenters. The number of carbonyl (C=O) groups is 2. The minimum absolute atomic E-state index is 0.0441. The first-order valence-corrected chi connectivity index (χ1v) is 9.03. The quantitative estimate of drug-likeness (QED) is 0.863. The molecule has 1 aromatic carbocycles. The van der Waals surface area contributed by atoms with Crippen molar-refractivity contribution in [2.45, 2.75) is 33.7 Å². The van der Waals surface area contributed by atoms with Gasteiger partial charge in [-0.25, -0.2) is 4.98 Å². The van der Waals surface area contributed by atoms with Gasteiger partial charge in [0.2, 0.25) is 11.8 Å². The molecule has 3 rings (SSSR count). The van der Waals surface area contributed by atoms with Gasteiger partial charge < -0.3 is 10.2 Å². The molecule has 2 aromatic rings. The van der Waals surface area contributed by atoms with Crippen LogP contribution in [0.4, 0.5) is 5.69 Å². The molecule has 1 atom stereocenters. The van der Waals surface area contributed by atoms with Gasteiger partial charge in [0.05, 0.1) is 12.2 Å². The molecule has 0 radical (unpaired) electrons. The van der Waals surface area contributed by atoms with Gasteiger partial charge >= 0.3 is 0 Å². The molecule has 7 nitrogen and oxygen atoms in total. The van der Waals surface area contributed by atoms with E-state index in [4.69, 9.17) is 0 Å². The second kappa shape index (κ2) is 7.73. The van der Waals surface area contributed by atoms with Crippen molar-refractivity contribution in [2.24, 2.45) is 5.92 Å². The van der Waals surface area contributed by atoms with Crippen molar-refractivity contribution >= 4 is 17.5 Å². The highest BCUT2D eigenvalue weighted by Crippen LogP contribution is 2.26. The topological polar surface area (TPSA) is 84.3 Å². The van der Waals surface area contributed by atoms with Crippen molar-refractivity contribution in [1.29, 1.82) is 0 Å². The van der Waals surface area contributed by atoms with Crippen LogP contribution in [0.2, 0.25) is 0 Å². The number of amides is 2. The van der Waals surface area contributed by atoms with E-state index in [1.54, 1.807) is 11.8 Å². The second-order valence-electron chi connectivity index (χ2n) is 7.03. The van der Waals surface area contributed by atoms with E-state index in [2.05, 4.69) is 10.3 Å². The Kier molecular flexibility index (Phi) is 5.39. The monoisotopic (exact) mass is 368 g/mol. The number of carbonyl (C=O) groups excluding carboxylic acids is 2. The number of nitrogens with one attached hydrogen (secondary N) is 1. The molecule has 2 heterocycles. The molecule has 0 saturated carbocycles. The lowest BCUT2D eigenvalue weighted by atomic mass is 10.1. The van der Waals surface area contributed by atoms with E-state index in [1.165, 1.54) is 22.5 Å². The molecule has 1 aliphatic heterocycles. The molecule has 7 heteroatoms. The summed E-state index contributed by atoms with van der Waals surface area (Å²) >= 11 is 0. The Balaban J connectivity index is 1.57. The molecule has 1 N–H and O–H groups in total. The molecule has 0 bridgehead atoms. The average Bonchev–Trinajstić information content (AvgIpc) is 3.01. The molecular formula is C20H24N4O3. The molecule has 0 aliphatic carbocycles. The van der Waals surface area contributed by atoms with E-state index in [0.717, 1.165) is 11.3 Å². The molecule has 1 aromatic heterocycles. The Morgan fingerprint density at radius 3 is 2.67 bits per heavy atom. The number of nitrogens with zero attached hydrogens (tertiary/aromatic N) is 3. The highest BCUT2D eigenvalue weighted by Gasteiger charge is 2.35. The van der Waals surface area contributed by atoms with E-state index in [1.807, 2.05) is 32.0 Å². The normalized spacial score (nSPS) is 16.6. The van der Waals surface area contributed by atoms with E-state index >= 15 is 0 Å². The van der Waals surface area contributed by atoms with Crippen molar-refractivity contribution in [2.75, 3.05) is 18.0 Å². The number of benzene rings is 1. The molecule has 1 fully saturated rings. The molecule has 27 heavy (non-hydrogen) atoms. The molecular weight excluding hydrogens is 344 g/mol.